The van der Waals surface area contributed by atoms with E-state index in [2.05, 4.69) is 35.6 Å². The highest BCUT2D eigenvalue weighted by molar-refractivity contribution is 4.92. The molecule has 0 radical (unpaired) electrons. The molecule has 17 heavy (non-hydrogen) atoms. The smallest absolute Gasteiger partial charge is 0.122 e. The summed E-state index contributed by atoms with van der Waals surface area (Å²) in [5, 5.41) is 12.4. The van der Waals surface area contributed by atoms with Crippen molar-refractivity contribution in [2.75, 3.05) is 13.2 Å². The fourth-order valence-electron chi connectivity index (χ4n) is 1.86. The normalized spacial score (nSPS) is 12.0. The number of nitrogens with zero attached hydrogens (tertiary/aromatic N) is 2. The van der Waals surface area contributed by atoms with Gasteiger partial charge in [0.25, 0.3) is 0 Å². The van der Waals surface area contributed by atoms with Crippen LogP contribution in [0.4, 0.5) is 0 Å². The van der Waals surface area contributed by atoms with Crippen molar-refractivity contribution in [3.63, 3.8) is 0 Å². The van der Waals surface area contributed by atoms with Crippen LogP contribution in [0.25, 0.3) is 0 Å². The second-order valence-electron chi connectivity index (χ2n) is 5.28. The maximum absolute atomic E-state index is 8.96. The molecule has 0 saturated heterocycles. The van der Waals surface area contributed by atoms with Crippen molar-refractivity contribution in [3.05, 3.63) is 18.2 Å². The van der Waals surface area contributed by atoms with Gasteiger partial charge in [-0.2, -0.15) is 0 Å². The molecular formula is C13H25N3O. The number of aliphatic hydroxyl groups excluding tert-OH is 1. The molecule has 2 N–H and O–H groups in total. The molecule has 0 bridgehead atoms. The molecule has 0 unspecified atom stereocenters. The zero-order valence-electron chi connectivity index (χ0n) is 11.2. The van der Waals surface area contributed by atoms with Gasteiger partial charge in [-0.05, 0) is 18.3 Å². The molecule has 4 nitrogen and oxygen atoms in total. The molecular weight excluding hydrogens is 214 g/mol. The highest BCUT2D eigenvalue weighted by Gasteiger charge is 2.16. The molecule has 0 atom stereocenters. The molecule has 1 aromatic rings. The summed E-state index contributed by atoms with van der Waals surface area (Å²) in [6.45, 7) is 9.45. The highest BCUT2D eigenvalue weighted by atomic mass is 16.3. The standard InChI is InChI=1S/C13H25N3O/c1-4-7-16-8-6-15-12(16)10-14-11-13(2,3)5-9-17/h6,8,14,17H,4-5,7,9-11H2,1-3H3. The van der Waals surface area contributed by atoms with Crippen molar-refractivity contribution in [2.45, 2.75) is 46.7 Å². The third-order valence-electron chi connectivity index (χ3n) is 2.94. The fraction of sp³-hybridized carbons (Fsp3) is 0.769. The van der Waals surface area contributed by atoms with Gasteiger partial charge in [-0.3, -0.25) is 0 Å². The maximum atomic E-state index is 8.96. The Hall–Kier alpha value is -0.870. The van der Waals surface area contributed by atoms with Crippen LogP contribution in [-0.4, -0.2) is 27.8 Å². The van der Waals surface area contributed by atoms with Crippen molar-refractivity contribution in [1.82, 2.24) is 14.9 Å². The van der Waals surface area contributed by atoms with Gasteiger partial charge in [0.1, 0.15) is 5.82 Å². The number of aryl methyl sites for hydroxylation is 1. The van der Waals surface area contributed by atoms with Gasteiger partial charge < -0.3 is 15.0 Å². The SMILES string of the molecule is CCCn1ccnc1CNCC(C)(C)CCO. The molecule has 1 rings (SSSR count). The summed E-state index contributed by atoms with van der Waals surface area (Å²) in [5.41, 5.74) is 0.136. The zero-order valence-corrected chi connectivity index (χ0v) is 11.2. The van der Waals surface area contributed by atoms with E-state index in [1.54, 1.807) is 0 Å². The van der Waals surface area contributed by atoms with Gasteiger partial charge in [0, 0.05) is 32.1 Å². The molecule has 0 aromatic carbocycles. The van der Waals surface area contributed by atoms with Crippen molar-refractivity contribution in [1.29, 1.82) is 0 Å². The first-order valence-corrected chi connectivity index (χ1v) is 6.40. The van der Waals surface area contributed by atoms with E-state index in [1.165, 1.54) is 0 Å². The number of nitrogens with one attached hydrogen (secondary N) is 1. The Labute approximate surface area is 104 Å². The third-order valence-corrected chi connectivity index (χ3v) is 2.94. The largest absolute Gasteiger partial charge is 0.396 e. The topological polar surface area (TPSA) is 50.1 Å². The van der Waals surface area contributed by atoms with E-state index in [1.807, 2.05) is 12.4 Å². The van der Waals surface area contributed by atoms with Crippen LogP contribution in [0, 0.1) is 5.41 Å². The van der Waals surface area contributed by atoms with Crippen molar-refractivity contribution in [2.24, 2.45) is 5.41 Å². The van der Waals surface area contributed by atoms with Crippen molar-refractivity contribution < 1.29 is 5.11 Å². The van der Waals surface area contributed by atoms with E-state index in [4.69, 9.17) is 5.11 Å². The van der Waals surface area contributed by atoms with Gasteiger partial charge in [0.05, 0.1) is 6.54 Å². The van der Waals surface area contributed by atoms with Crippen LogP contribution in [0.1, 0.15) is 39.4 Å². The number of aliphatic hydroxyl groups is 1. The second-order valence-corrected chi connectivity index (χ2v) is 5.28. The minimum absolute atomic E-state index is 0.136. The monoisotopic (exact) mass is 239 g/mol. The molecule has 1 aromatic heterocycles. The predicted octanol–water partition coefficient (Wildman–Crippen LogP) is 1.79. The molecule has 1 heterocycles. The van der Waals surface area contributed by atoms with Crippen molar-refractivity contribution >= 4 is 0 Å². The van der Waals surface area contributed by atoms with E-state index in [0.717, 1.165) is 38.3 Å². The van der Waals surface area contributed by atoms with Crippen LogP contribution in [0.15, 0.2) is 12.4 Å². The summed E-state index contributed by atoms with van der Waals surface area (Å²) in [7, 11) is 0. The number of rotatable bonds is 8. The Balaban J connectivity index is 2.37. The van der Waals surface area contributed by atoms with Gasteiger partial charge in [-0.1, -0.05) is 20.8 Å². The number of hydrogen-bond donors (Lipinski definition) is 2. The van der Waals surface area contributed by atoms with Crippen molar-refractivity contribution in [3.8, 4) is 0 Å². The lowest BCUT2D eigenvalue weighted by molar-refractivity contribution is 0.206. The van der Waals surface area contributed by atoms with E-state index < -0.39 is 0 Å². The minimum atomic E-state index is 0.136. The number of hydrogen-bond acceptors (Lipinski definition) is 3. The van der Waals surface area contributed by atoms with Crippen LogP contribution in [0.5, 0.6) is 0 Å². The van der Waals surface area contributed by atoms with Crippen LogP contribution in [0.3, 0.4) is 0 Å². The summed E-state index contributed by atoms with van der Waals surface area (Å²) in [6.07, 6.45) is 5.83. The molecule has 0 aliphatic heterocycles. The first kappa shape index (κ1) is 14.2. The van der Waals surface area contributed by atoms with Crippen LogP contribution in [0.2, 0.25) is 0 Å². The van der Waals surface area contributed by atoms with Crippen LogP contribution >= 0.6 is 0 Å². The van der Waals surface area contributed by atoms with E-state index in [9.17, 15) is 0 Å². The summed E-state index contributed by atoms with van der Waals surface area (Å²) >= 11 is 0. The molecule has 98 valence electrons. The predicted molar refractivity (Wildman–Crippen MR) is 69.7 cm³/mol. The molecule has 0 amide bonds. The maximum Gasteiger partial charge on any atom is 0.122 e. The minimum Gasteiger partial charge on any atom is -0.396 e. The Morgan fingerprint density at radius 2 is 2.24 bits per heavy atom. The second kappa shape index (κ2) is 6.77. The summed E-state index contributed by atoms with van der Waals surface area (Å²) in [5.74, 6) is 1.09. The Kier molecular flexibility index (Phi) is 5.65. The highest BCUT2D eigenvalue weighted by Crippen LogP contribution is 2.18. The summed E-state index contributed by atoms with van der Waals surface area (Å²) in [6, 6.07) is 0. The lowest BCUT2D eigenvalue weighted by Crippen LogP contribution is -2.30. The van der Waals surface area contributed by atoms with Gasteiger partial charge >= 0.3 is 0 Å². The Bertz CT molecular complexity index is 320. The average Bonchev–Trinajstić information content (AvgIpc) is 2.66. The van der Waals surface area contributed by atoms with E-state index in [0.29, 0.717) is 0 Å². The number of aromatic nitrogens is 2. The summed E-state index contributed by atoms with van der Waals surface area (Å²) in [4.78, 5) is 4.35. The molecule has 0 aliphatic carbocycles. The molecule has 0 aliphatic rings. The average molecular weight is 239 g/mol. The van der Waals surface area contributed by atoms with Crippen LogP contribution in [-0.2, 0) is 13.1 Å². The first-order chi connectivity index (χ1) is 8.09. The molecule has 4 heteroatoms. The third kappa shape index (κ3) is 4.88. The van der Waals surface area contributed by atoms with Gasteiger partial charge in [-0.25, -0.2) is 4.98 Å². The molecule has 0 spiro atoms. The van der Waals surface area contributed by atoms with Gasteiger partial charge in [0.15, 0.2) is 0 Å². The fourth-order valence-corrected chi connectivity index (χ4v) is 1.86. The summed E-state index contributed by atoms with van der Waals surface area (Å²) < 4.78 is 2.19. The van der Waals surface area contributed by atoms with Crippen LogP contribution < -0.4 is 5.32 Å². The van der Waals surface area contributed by atoms with Gasteiger partial charge in [-0.15, -0.1) is 0 Å². The zero-order chi connectivity index (χ0) is 12.7. The van der Waals surface area contributed by atoms with Gasteiger partial charge in [0.2, 0.25) is 0 Å². The lowest BCUT2D eigenvalue weighted by atomic mass is 9.90. The lowest BCUT2D eigenvalue weighted by Gasteiger charge is -2.23. The van der Waals surface area contributed by atoms with E-state index >= 15 is 0 Å². The number of imidazole rings is 1. The first-order valence-electron chi connectivity index (χ1n) is 6.40. The van der Waals surface area contributed by atoms with E-state index in [-0.39, 0.29) is 12.0 Å². The molecule has 0 fully saturated rings. The Morgan fingerprint density at radius 1 is 1.47 bits per heavy atom. The Morgan fingerprint density at radius 3 is 2.88 bits per heavy atom. The quantitative estimate of drug-likeness (QED) is 0.727. The molecule has 0 saturated carbocycles.